The molecule has 64 heavy (non-hydrogen) atoms. The molecule has 2 aromatic rings. The molecule has 0 amide bonds. The summed E-state index contributed by atoms with van der Waals surface area (Å²) in [6.45, 7) is 6.22. The summed E-state index contributed by atoms with van der Waals surface area (Å²) in [5, 5.41) is 0. The molecule has 4 aliphatic carbocycles. The number of hydrogen-bond acceptors (Lipinski definition) is 1. The Bertz CT molecular complexity index is 1530. The van der Waals surface area contributed by atoms with Gasteiger partial charge in [-0.25, -0.2) is 17.6 Å². The molecular formula is C59H90F4O. The molecule has 4 saturated carbocycles. The summed E-state index contributed by atoms with van der Waals surface area (Å²) in [4.78, 5) is 14.2. The lowest BCUT2D eigenvalue weighted by Crippen LogP contribution is -2.26. The Morgan fingerprint density at radius 2 is 0.734 bits per heavy atom. The number of benzene rings is 2. The molecule has 1 nitrogen and oxygen atoms in total. The van der Waals surface area contributed by atoms with Crippen LogP contribution < -0.4 is 0 Å². The lowest BCUT2D eigenvalue weighted by molar-refractivity contribution is 0.0158. The predicted molar refractivity (Wildman–Crippen MR) is 261 cm³/mol. The van der Waals surface area contributed by atoms with Crippen molar-refractivity contribution in [3.63, 3.8) is 0 Å². The second kappa shape index (κ2) is 25.3. The first-order valence-electron chi connectivity index (χ1n) is 27.4. The highest BCUT2D eigenvalue weighted by atomic mass is 19.3. The number of hydrogen-bond donors (Lipinski definition) is 0. The molecule has 0 aliphatic heterocycles. The van der Waals surface area contributed by atoms with Gasteiger partial charge in [0, 0.05) is 36.1 Å². The van der Waals surface area contributed by atoms with Crippen LogP contribution in [0.2, 0.25) is 0 Å². The monoisotopic (exact) mass is 891 g/mol. The number of alkyl halides is 4. The van der Waals surface area contributed by atoms with Crippen LogP contribution in [0.5, 0.6) is 0 Å². The van der Waals surface area contributed by atoms with Crippen LogP contribution in [-0.4, -0.2) is 5.78 Å². The van der Waals surface area contributed by atoms with Crippen LogP contribution in [0.1, 0.15) is 283 Å². The van der Waals surface area contributed by atoms with Gasteiger partial charge in [0.15, 0.2) is 5.78 Å². The van der Waals surface area contributed by atoms with E-state index < -0.39 is 17.6 Å². The van der Waals surface area contributed by atoms with Gasteiger partial charge in [-0.15, -0.1) is 0 Å². The Balaban J connectivity index is 1.000. The minimum absolute atomic E-state index is 0.158. The van der Waals surface area contributed by atoms with E-state index in [9.17, 15) is 4.79 Å². The summed E-state index contributed by atoms with van der Waals surface area (Å²) < 4.78 is 61.9. The van der Waals surface area contributed by atoms with Crippen molar-refractivity contribution >= 4 is 5.78 Å². The van der Waals surface area contributed by atoms with Crippen LogP contribution >= 0.6 is 0 Å². The van der Waals surface area contributed by atoms with Gasteiger partial charge < -0.3 is 0 Å². The summed E-state index contributed by atoms with van der Waals surface area (Å²) in [6, 6.07) is 9.77. The SMILES string of the molecule is CCCCCCCCCC1CCC(C2CCC(c3ccc(C(=O)c4ccc(C5CCC(C6CCC(CCCCCCCCC)CC6)CC5)cc4C(C)(F)F)c(C(C)(F)F)c3)CC2)CC1. The van der Waals surface area contributed by atoms with Crippen molar-refractivity contribution < 1.29 is 22.4 Å². The molecule has 4 aliphatic rings. The van der Waals surface area contributed by atoms with Gasteiger partial charge in [0.25, 0.3) is 11.8 Å². The zero-order chi connectivity index (χ0) is 45.5. The normalized spacial score (nSPS) is 27.1. The highest BCUT2D eigenvalue weighted by Crippen LogP contribution is 2.48. The lowest BCUT2D eigenvalue weighted by atomic mass is 9.67. The van der Waals surface area contributed by atoms with E-state index in [0.29, 0.717) is 11.8 Å². The van der Waals surface area contributed by atoms with Gasteiger partial charge >= 0.3 is 0 Å². The molecule has 0 atom stereocenters. The fraction of sp³-hybridized carbons (Fsp3) is 0.780. The van der Waals surface area contributed by atoms with Crippen LogP contribution in [0.3, 0.4) is 0 Å². The molecule has 2 aromatic carbocycles. The number of rotatable bonds is 24. The molecule has 0 bridgehead atoms. The van der Waals surface area contributed by atoms with Crippen LogP contribution in [0.4, 0.5) is 17.6 Å². The maximum atomic E-state index is 15.5. The van der Waals surface area contributed by atoms with E-state index in [1.54, 1.807) is 0 Å². The molecule has 0 aromatic heterocycles. The second-order valence-electron chi connectivity index (χ2n) is 22.3. The third-order valence-electron chi connectivity index (χ3n) is 17.6. The Hall–Kier alpha value is -2.17. The zero-order valence-corrected chi connectivity index (χ0v) is 41.1. The number of carbonyl (C=O) groups excluding carboxylic acids is 1. The van der Waals surface area contributed by atoms with Crippen molar-refractivity contribution in [3.05, 3.63) is 69.8 Å². The van der Waals surface area contributed by atoms with Gasteiger partial charge in [0.1, 0.15) is 0 Å². The van der Waals surface area contributed by atoms with Crippen LogP contribution in [-0.2, 0) is 11.8 Å². The number of halogens is 4. The molecule has 0 spiro atoms. The molecule has 0 N–H and O–H groups in total. The fourth-order valence-electron chi connectivity index (χ4n) is 13.4. The molecule has 5 heteroatoms. The standard InChI is InChI=1S/C59H90F4O/c1-5-7-9-11-13-15-17-19-43-21-25-45(26-22-43)47-29-33-49(34-30-47)51-37-39-53(55(41-51)58(3,60)61)57(64)54-40-38-52(42-56(54)59(4,62)63)50-35-31-48(32-36-50)46-27-23-44(24-28-46)20-18-16-14-12-10-8-6-2/h37-50H,5-36H2,1-4H3. The quantitative estimate of drug-likeness (QED) is 0.0583. The smallest absolute Gasteiger partial charge is 0.271 e. The Morgan fingerprint density at radius 3 is 1.05 bits per heavy atom. The lowest BCUT2D eigenvalue weighted by Gasteiger charge is -2.38. The first-order valence-corrected chi connectivity index (χ1v) is 27.4. The third kappa shape index (κ3) is 14.9. The van der Waals surface area contributed by atoms with E-state index in [-0.39, 0.29) is 34.1 Å². The molecule has 6 rings (SSSR count). The number of carbonyl (C=O) groups is 1. The maximum Gasteiger partial charge on any atom is 0.271 e. The molecule has 0 saturated heterocycles. The Morgan fingerprint density at radius 1 is 0.438 bits per heavy atom. The van der Waals surface area contributed by atoms with Gasteiger partial charge in [-0.2, -0.15) is 0 Å². The van der Waals surface area contributed by atoms with E-state index in [1.807, 2.05) is 12.1 Å². The molecule has 4 fully saturated rings. The van der Waals surface area contributed by atoms with Crippen molar-refractivity contribution in [1.82, 2.24) is 0 Å². The Labute approximate surface area is 388 Å². The van der Waals surface area contributed by atoms with E-state index in [1.165, 1.54) is 178 Å². The third-order valence-corrected chi connectivity index (χ3v) is 17.6. The van der Waals surface area contributed by atoms with Crippen molar-refractivity contribution in [2.45, 2.75) is 257 Å². The minimum Gasteiger partial charge on any atom is -0.289 e. The van der Waals surface area contributed by atoms with Gasteiger partial charge in [0.05, 0.1) is 0 Å². The molecule has 0 unspecified atom stereocenters. The average Bonchev–Trinajstić information content (AvgIpc) is 3.30. The summed E-state index contributed by atoms with van der Waals surface area (Å²) in [7, 11) is 0. The zero-order valence-electron chi connectivity index (χ0n) is 41.1. The van der Waals surface area contributed by atoms with Crippen molar-refractivity contribution in [2.75, 3.05) is 0 Å². The summed E-state index contributed by atoms with van der Waals surface area (Å²) in [5.41, 5.74) is 0.720. The molecule has 0 heterocycles. The number of unbranched alkanes of at least 4 members (excludes halogenated alkanes) is 12. The highest BCUT2D eigenvalue weighted by Gasteiger charge is 2.38. The second-order valence-corrected chi connectivity index (χ2v) is 22.3. The topological polar surface area (TPSA) is 17.1 Å². The van der Waals surface area contributed by atoms with E-state index in [0.717, 1.165) is 100 Å². The largest absolute Gasteiger partial charge is 0.289 e. The van der Waals surface area contributed by atoms with Crippen molar-refractivity contribution in [2.24, 2.45) is 35.5 Å². The van der Waals surface area contributed by atoms with E-state index in [2.05, 4.69) is 13.8 Å². The van der Waals surface area contributed by atoms with Crippen molar-refractivity contribution in [1.29, 1.82) is 0 Å². The molecular weight excluding hydrogens is 801 g/mol. The number of ketones is 1. The Kier molecular flexibility index (Phi) is 20.2. The van der Waals surface area contributed by atoms with E-state index in [4.69, 9.17) is 0 Å². The van der Waals surface area contributed by atoms with Crippen molar-refractivity contribution in [3.8, 4) is 0 Å². The average molecular weight is 891 g/mol. The van der Waals surface area contributed by atoms with Gasteiger partial charge in [-0.1, -0.05) is 167 Å². The maximum absolute atomic E-state index is 15.5. The predicted octanol–water partition coefficient (Wildman–Crippen LogP) is 19.6. The van der Waals surface area contributed by atoms with Gasteiger partial charge in [-0.3, -0.25) is 4.79 Å². The molecule has 360 valence electrons. The van der Waals surface area contributed by atoms with E-state index >= 15 is 17.6 Å². The van der Waals surface area contributed by atoms with Gasteiger partial charge in [-0.05, 0) is 148 Å². The highest BCUT2D eigenvalue weighted by molar-refractivity contribution is 6.11. The van der Waals surface area contributed by atoms with Gasteiger partial charge in [0.2, 0.25) is 0 Å². The van der Waals surface area contributed by atoms with Crippen LogP contribution in [0, 0.1) is 35.5 Å². The minimum atomic E-state index is -3.29. The summed E-state index contributed by atoms with van der Waals surface area (Å²) >= 11 is 0. The first kappa shape index (κ1) is 51.2. The first-order chi connectivity index (χ1) is 30.9. The fourth-order valence-corrected chi connectivity index (χ4v) is 13.4. The van der Waals surface area contributed by atoms with Crippen LogP contribution in [0.25, 0.3) is 0 Å². The summed E-state index contributed by atoms with van der Waals surface area (Å²) in [5.74, 6) is -2.17. The van der Waals surface area contributed by atoms with Crippen LogP contribution in [0.15, 0.2) is 36.4 Å². The molecule has 0 radical (unpaired) electrons. The summed E-state index contributed by atoms with van der Waals surface area (Å²) in [6.07, 6.45) is 41.2.